The van der Waals surface area contributed by atoms with E-state index in [1.54, 1.807) is 18.5 Å². The van der Waals surface area contributed by atoms with Gasteiger partial charge in [-0.25, -0.2) is 9.97 Å². The van der Waals surface area contributed by atoms with Crippen LogP contribution in [0.5, 0.6) is 5.75 Å². The maximum atomic E-state index is 11.1. The molecule has 0 bridgehead atoms. The van der Waals surface area contributed by atoms with Gasteiger partial charge >= 0.3 is 0 Å². The lowest BCUT2D eigenvalue weighted by Crippen LogP contribution is -1.87. The molecule has 0 saturated heterocycles. The first-order valence-electron chi connectivity index (χ1n) is 5.76. The summed E-state index contributed by atoms with van der Waals surface area (Å²) in [5.41, 5.74) is 2.07. The van der Waals surface area contributed by atoms with Crippen LogP contribution in [0.4, 0.5) is 0 Å². The number of rotatable bonds is 2. The number of nitrogens with zero attached hydrogens (tertiary/aromatic N) is 2. The molecule has 0 radical (unpaired) electrons. The quantitative estimate of drug-likeness (QED) is 0.710. The Hall–Kier alpha value is -2.75. The van der Waals surface area contributed by atoms with Crippen LogP contribution >= 0.6 is 0 Å². The second-order valence-electron chi connectivity index (χ2n) is 4.18. The van der Waals surface area contributed by atoms with Gasteiger partial charge in [0.15, 0.2) is 6.29 Å². The zero-order valence-corrected chi connectivity index (χ0v) is 9.95. The van der Waals surface area contributed by atoms with Gasteiger partial charge in [-0.1, -0.05) is 18.2 Å². The van der Waals surface area contributed by atoms with Crippen molar-refractivity contribution in [2.24, 2.45) is 0 Å². The van der Waals surface area contributed by atoms with Crippen molar-refractivity contribution in [1.82, 2.24) is 9.97 Å². The van der Waals surface area contributed by atoms with E-state index in [9.17, 15) is 9.90 Å². The van der Waals surface area contributed by atoms with E-state index in [1.807, 2.05) is 18.2 Å². The minimum Gasteiger partial charge on any atom is -0.507 e. The maximum Gasteiger partial charge on any atom is 0.154 e. The van der Waals surface area contributed by atoms with Crippen molar-refractivity contribution in [3.8, 4) is 16.9 Å². The number of aromatic hydroxyl groups is 1. The Labute approximate surface area is 109 Å². The molecule has 0 aliphatic carbocycles. The fourth-order valence-corrected chi connectivity index (χ4v) is 2.08. The SMILES string of the molecule is O=Cc1c(O)ccc2ccc(-c3cncnc3)cc12. The molecule has 0 saturated carbocycles. The molecule has 4 nitrogen and oxygen atoms in total. The van der Waals surface area contributed by atoms with Crippen molar-refractivity contribution in [2.75, 3.05) is 0 Å². The molecule has 4 heteroatoms. The molecule has 92 valence electrons. The van der Waals surface area contributed by atoms with Crippen molar-refractivity contribution >= 4 is 17.1 Å². The summed E-state index contributed by atoms with van der Waals surface area (Å²) in [5.74, 6) is -0.0102. The van der Waals surface area contributed by atoms with E-state index in [0.717, 1.165) is 21.9 Å². The number of phenolic OH excluding ortho intramolecular Hbond substituents is 1. The van der Waals surface area contributed by atoms with Crippen LogP contribution in [0.3, 0.4) is 0 Å². The molecule has 0 fully saturated rings. The van der Waals surface area contributed by atoms with Crippen LogP contribution in [0.15, 0.2) is 49.1 Å². The fourth-order valence-electron chi connectivity index (χ4n) is 2.08. The first-order chi connectivity index (χ1) is 9.29. The molecule has 2 aromatic carbocycles. The van der Waals surface area contributed by atoms with Gasteiger partial charge in [0.25, 0.3) is 0 Å². The van der Waals surface area contributed by atoms with Crippen molar-refractivity contribution in [3.05, 3.63) is 54.6 Å². The van der Waals surface area contributed by atoms with Gasteiger partial charge in [-0.3, -0.25) is 4.79 Å². The lowest BCUT2D eigenvalue weighted by molar-refractivity contribution is 0.112. The first kappa shape index (κ1) is 11.3. The van der Waals surface area contributed by atoms with Crippen LogP contribution in [0.1, 0.15) is 10.4 Å². The average molecular weight is 250 g/mol. The van der Waals surface area contributed by atoms with Crippen molar-refractivity contribution in [2.45, 2.75) is 0 Å². The second-order valence-corrected chi connectivity index (χ2v) is 4.18. The minimum atomic E-state index is -0.0102. The summed E-state index contributed by atoms with van der Waals surface area (Å²) in [6, 6.07) is 9.01. The normalized spacial score (nSPS) is 10.5. The molecule has 1 N–H and O–H groups in total. The van der Waals surface area contributed by atoms with Gasteiger partial charge in [0.1, 0.15) is 12.1 Å². The zero-order chi connectivity index (χ0) is 13.2. The highest BCUT2D eigenvalue weighted by atomic mass is 16.3. The predicted octanol–water partition coefficient (Wildman–Crippen LogP) is 2.81. The maximum absolute atomic E-state index is 11.1. The lowest BCUT2D eigenvalue weighted by atomic mass is 9.99. The summed E-state index contributed by atoms with van der Waals surface area (Å²) < 4.78 is 0. The van der Waals surface area contributed by atoms with E-state index in [4.69, 9.17) is 0 Å². The van der Waals surface area contributed by atoms with E-state index >= 15 is 0 Å². The number of carbonyl (C=O) groups is 1. The van der Waals surface area contributed by atoms with E-state index in [2.05, 4.69) is 9.97 Å². The van der Waals surface area contributed by atoms with Gasteiger partial charge in [-0.05, 0) is 28.5 Å². The molecular weight excluding hydrogens is 240 g/mol. The topological polar surface area (TPSA) is 63.1 Å². The molecule has 0 unspecified atom stereocenters. The monoisotopic (exact) mass is 250 g/mol. The van der Waals surface area contributed by atoms with E-state index in [0.29, 0.717) is 11.8 Å². The molecule has 1 heterocycles. The Balaban J connectivity index is 2.28. The Morgan fingerprint density at radius 3 is 2.47 bits per heavy atom. The third kappa shape index (κ3) is 1.93. The van der Waals surface area contributed by atoms with Crippen LogP contribution in [-0.4, -0.2) is 21.4 Å². The van der Waals surface area contributed by atoms with Gasteiger partial charge in [0.05, 0.1) is 5.56 Å². The number of fused-ring (bicyclic) bond motifs is 1. The number of carbonyl (C=O) groups excluding carboxylic acids is 1. The number of aromatic nitrogens is 2. The molecule has 0 amide bonds. The van der Waals surface area contributed by atoms with E-state index in [-0.39, 0.29) is 5.75 Å². The molecule has 0 spiro atoms. The number of benzene rings is 2. The Kier molecular flexibility index (Phi) is 2.68. The second kappa shape index (κ2) is 4.49. The molecule has 3 rings (SSSR count). The predicted molar refractivity (Wildman–Crippen MR) is 72.0 cm³/mol. The standard InChI is InChI=1S/C15H10N2O2/c18-8-14-13-5-11(12-6-16-9-17-7-12)2-1-10(13)3-4-15(14)19/h1-9,19H. The molecular formula is C15H10N2O2. The summed E-state index contributed by atoms with van der Waals surface area (Å²) in [6.07, 6.45) is 5.55. The van der Waals surface area contributed by atoms with Crippen LogP contribution in [0.25, 0.3) is 21.9 Å². The molecule has 0 aliphatic rings. The van der Waals surface area contributed by atoms with E-state index < -0.39 is 0 Å². The fraction of sp³-hybridized carbons (Fsp3) is 0. The highest BCUT2D eigenvalue weighted by molar-refractivity contribution is 6.02. The van der Waals surface area contributed by atoms with Crippen LogP contribution in [0.2, 0.25) is 0 Å². The van der Waals surface area contributed by atoms with Gasteiger partial charge < -0.3 is 5.11 Å². The van der Waals surface area contributed by atoms with Crippen molar-refractivity contribution in [3.63, 3.8) is 0 Å². The van der Waals surface area contributed by atoms with Crippen molar-refractivity contribution < 1.29 is 9.90 Å². The van der Waals surface area contributed by atoms with Gasteiger partial charge in [-0.2, -0.15) is 0 Å². The third-order valence-corrected chi connectivity index (χ3v) is 3.05. The van der Waals surface area contributed by atoms with Gasteiger partial charge in [-0.15, -0.1) is 0 Å². The third-order valence-electron chi connectivity index (χ3n) is 3.05. The molecule has 19 heavy (non-hydrogen) atoms. The van der Waals surface area contributed by atoms with Crippen molar-refractivity contribution in [1.29, 1.82) is 0 Å². The highest BCUT2D eigenvalue weighted by Crippen LogP contribution is 2.29. The summed E-state index contributed by atoms with van der Waals surface area (Å²) in [5, 5.41) is 11.3. The first-order valence-corrected chi connectivity index (χ1v) is 5.76. The number of hydrogen-bond acceptors (Lipinski definition) is 4. The Morgan fingerprint density at radius 2 is 1.74 bits per heavy atom. The minimum absolute atomic E-state index is 0.0102. The Bertz CT molecular complexity index is 755. The van der Waals surface area contributed by atoms with Gasteiger partial charge in [0, 0.05) is 18.0 Å². The summed E-state index contributed by atoms with van der Waals surface area (Å²) in [6.45, 7) is 0. The molecule has 3 aromatic rings. The average Bonchev–Trinajstić information content (AvgIpc) is 2.47. The van der Waals surface area contributed by atoms with Crippen LogP contribution in [0, 0.1) is 0 Å². The number of aldehydes is 1. The largest absolute Gasteiger partial charge is 0.507 e. The zero-order valence-electron chi connectivity index (χ0n) is 9.95. The summed E-state index contributed by atoms with van der Waals surface area (Å²) in [4.78, 5) is 19.0. The number of hydrogen-bond donors (Lipinski definition) is 1. The molecule has 0 aliphatic heterocycles. The smallest absolute Gasteiger partial charge is 0.154 e. The molecule has 0 atom stereocenters. The van der Waals surface area contributed by atoms with Crippen LogP contribution in [-0.2, 0) is 0 Å². The number of phenols is 1. The van der Waals surface area contributed by atoms with Gasteiger partial charge in [0.2, 0.25) is 0 Å². The van der Waals surface area contributed by atoms with Crippen LogP contribution < -0.4 is 0 Å². The Morgan fingerprint density at radius 1 is 1.00 bits per heavy atom. The summed E-state index contributed by atoms with van der Waals surface area (Å²) >= 11 is 0. The highest BCUT2D eigenvalue weighted by Gasteiger charge is 2.07. The lowest BCUT2D eigenvalue weighted by Gasteiger charge is -2.06. The molecule has 1 aromatic heterocycles. The van der Waals surface area contributed by atoms with E-state index in [1.165, 1.54) is 12.4 Å². The summed E-state index contributed by atoms with van der Waals surface area (Å²) in [7, 11) is 0.